The first-order valence-corrected chi connectivity index (χ1v) is 5.17. The van der Waals surface area contributed by atoms with Gasteiger partial charge in [0.05, 0.1) is 18.1 Å². The lowest BCUT2D eigenvalue weighted by molar-refractivity contribution is 1.02. The number of rotatable bonds is 2. The van der Waals surface area contributed by atoms with E-state index in [2.05, 4.69) is 19.9 Å². The number of nitrogen functional groups attached to an aromatic ring is 1. The van der Waals surface area contributed by atoms with Gasteiger partial charge in [0.2, 0.25) is 5.28 Å². The van der Waals surface area contributed by atoms with Crippen molar-refractivity contribution in [3.63, 3.8) is 0 Å². The van der Waals surface area contributed by atoms with Gasteiger partial charge in [-0.05, 0) is 23.4 Å². The summed E-state index contributed by atoms with van der Waals surface area (Å²) in [5.41, 5.74) is 6.15. The van der Waals surface area contributed by atoms with Gasteiger partial charge >= 0.3 is 0 Å². The molecule has 0 aliphatic carbocycles. The molecule has 7 heteroatoms. The van der Waals surface area contributed by atoms with Crippen LogP contribution in [-0.2, 0) is 0 Å². The number of nitrogens with two attached hydrogens (primary N) is 1. The Labute approximate surface area is 95.1 Å². The third kappa shape index (κ3) is 2.54. The Hall–Kier alpha value is -1.40. The number of nitrogens with zero attached hydrogens (tertiary/aromatic N) is 4. The zero-order valence-corrected chi connectivity index (χ0v) is 9.03. The first-order chi connectivity index (χ1) is 7.25. The fourth-order valence-corrected chi connectivity index (χ4v) is 1.79. The van der Waals surface area contributed by atoms with Gasteiger partial charge in [-0.1, -0.05) is 0 Å². The van der Waals surface area contributed by atoms with E-state index in [1.165, 1.54) is 18.0 Å². The van der Waals surface area contributed by atoms with Crippen molar-refractivity contribution in [1.82, 2.24) is 19.9 Å². The Morgan fingerprint density at radius 3 is 2.80 bits per heavy atom. The van der Waals surface area contributed by atoms with Crippen molar-refractivity contribution in [1.29, 1.82) is 0 Å². The standard InChI is InChI=1S/C8H6ClN5S/c9-8-13-3-5(10)7(14-8)15-6-4-11-1-2-12-6/h1-4H,10H2. The van der Waals surface area contributed by atoms with Crippen molar-refractivity contribution in [2.45, 2.75) is 10.1 Å². The monoisotopic (exact) mass is 239 g/mol. The summed E-state index contributed by atoms with van der Waals surface area (Å²) in [7, 11) is 0. The number of aromatic nitrogens is 4. The normalized spacial score (nSPS) is 10.2. The molecule has 5 nitrogen and oxygen atoms in total. The van der Waals surface area contributed by atoms with E-state index in [4.69, 9.17) is 17.3 Å². The van der Waals surface area contributed by atoms with Gasteiger partial charge < -0.3 is 5.73 Å². The summed E-state index contributed by atoms with van der Waals surface area (Å²) >= 11 is 6.95. The molecule has 0 saturated heterocycles. The predicted octanol–water partition coefficient (Wildman–Crippen LogP) is 1.65. The number of hydrogen-bond acceptors (Lipinski definition) is 6. The van der Waals surface area contributed by atoms with Crippen LogP contribution in [-0.4, -0.2) is 19.9 Å². The predicted molar refractivity (Wildman–Crippen MR) is 57.6 cm³/mol. The summed E-state index contributed by atoms with van der Waals surface area (Å²) in [6, 6.07) is 0. The van der Waals surface area contributed by atoms with Crippen molar-refractivity contribution < 1.29 is 0 Å². The number of halogens is 1. The van der Waals surface area contributed by atoms with E-state index in [1.54, 1.807) is 18.6 Å². The Balaban J connectivity index is 2.28. The molecule has 0 saturated carbocycles. The van der Waals surface area contributed by atoms with Crippen LogP contribution < -0.4 is 5.73 Å². The van der Waals surface area contributed by atoms with E-state index in [0.717, 1.165) is 0 Å². The van der Waals surface area contributed by atoms with Crippen LogP contribution in [0.1, 0.15) is 0 Å². The van der Waals surface area contributed by atoms with Gasteiger partial charge in [0.15, 0.2) is 0 Å². The molecular formula is C8H6ClN5S. The first-order valence-electron chi connectivity index (χ1n) is 3.97. The highest BCUT2D eigenvalue weighted by Gasteiger charge is 2.06. The third-order valence-corrected chi connectivity index (χ3v) is 2.61. The molecule has 2 aromatic heterocycles. The summed E-state index contributed by atoms with van der Waals surface area (Å²) in [6.45, 7) is 0. The molecule has 0 fully saturated rings. The number of hydrogen-bond donors (Lipinski definition) is 1. The van der Waals surface area contributed by atoms with Gasteiger partial charge in [0, 0.05) is 12.4 Å². The van der Waals surface area contributed by atoms with Gasteiger partial charge in [0.25, 0.3) is 0 Å². The fraction of sp³-hybridized carbons (Fsp3) is 0. The third-order valence-electron chi connectivity index (χ3n) is 1.49. The van der Waals surface area contributed by atoms with Crippen molar-refractivity contribution >= 4 is 29.1 Å². The topological polar surface area (TPSA) is 77.6 Å². The molecule has 0 aromatic carbocycles. The maximum Gasteiger partial charge on any atom is 0.223 e. The quantitative estimate of drug-likeness (QED) is 0.634. The van der Waals surface area contributed by atoms with Crippen LogP contribution >= 0.6 is 23.4 Å². The maximum absolute atomic E-state index is 5.68. The summed E-state index contributed by atoms with van der Waals surface area (Å²) in [6.07, 6.45) is 6.29. The average Bonchev–Trinajstić information content (AvgIpc) is 2.25. The van der Waals surface area contributed by atoms with E-state index >= 15 is 0 Å². The smallest absolute Gasteiger partial charge is 0.223 e. The molecule has 0 bridgehead atoms. The Kier molecular flexibility index (Phi) is 2.98. The molecule has 0 amide bonds. The molecule has 15 heavy (non-hydrogen) atoms. The molecule has 2 rings (SSSR count). The van der Waals surface area contributed by atoms with E-state index in [9.17, 15) is 0 Å². The minimum absolute atomic E-state index is 0.163. The van der Waals surface area contributed by atoms with Crippen molar-refractivity contribution in [3.8, 4) is 0 Å². The summed E-state index contributed by atoms with van der Waals surface area (Å²) in [4.78, 5) is 15.8. The van der Waals surface area contributed by atoms with Crippen LogP contribution in [0.4, 0.5) is 5.69 Å². The van der Waals surface area contributed by atoms with Crippen LogP contribution in [0.2, 0.25) is 5.28 Å². The second-order valence-electron chi connectivity index (χ2n) is 2.55. The Bertz CT molecular complexity index is 464. The molecule has 0 aliphatic heterocycles. The second kappa shape index (κ2) is 4.41. The largest absolute Gasteiger partial charge is 0.395 e. The SMILES string of the molecule is Nc1cnc(Cl)nc1Sc1cnccn1. The molecular weight excluding hydrogens is 234 g/mol. The Morgan fingerprint density at radius 1 is 1.20 bits per heavy atom. The molecule has 2 aromatic rings. The maximum atomic E-state index is 5.68. The molecule has 2 N–H and O–H groups in total. The van der Waals surface area contributed by atoms with Gasteiger partial charge in [-0.2, -0.15) is 0 Å². The molecule has 76 valence electrons. The van der Waals surface area contributed by atoms with Gasteiger partial charge in [-0.3, -0.25) is 4.98 Å². The highest BCUT2D eigenvalue weighted by Crippen LogP contribution is 2.28. The van der Waals surface area contributed by atoms with Crippen LogP contribution in [0.15, 0.2) is 34.8 Å². The van der Waals surface area contributed by atoms with Crippen LogP contribution in [0.25, 0.3) is 0 Å². The highest BCUT2D eigenvalue weighted by atomic mass is 35.5. The number of anilines is 1. The van der Waals surface area contributed by atoms with Crippen molar-refractivity contribution in [2.24, 2.45) is 0 Å². The molecule has 0 unspecified atom stereocenters. The van der Waals surface area contributed by atoms with Crippen LogP contribution in [0, 0.1) is 0 Å². The van der Waals surface area contributed by atoms with E-state index < -0.39 is 0 Å². The lowest BCUT2D eigenvalue weighted by atomic mass is 10.6. The minimum Gasteiger partial charge on any atom is -0.395 e. The van der Waals surface area contributed by atoms with Gasteiger partial charge in [0.1, 0.15) is 10.1 Å². The molecule has 0 atom stereocenters. The molecule has 0 radical (unpaired) electrons. The van der Waals surface area contributed by atoms with Crippen molar-refractivity contribution in [2.75, 3.05) is 5.73 Å². The van der Waals surface area contributed by atoms with Gasteiger partial charge in [-0.15, -0.1) is 0 Å². The van der Waals surface area contributed by atoms with Crippen LogP contribution in [0.3, 0.4) is 0 Å². The summed E-state index contributed by atoms with van der Waals surface area (Å²) in [5.74, 6) is 0. The summed E-state index contributed by atoms with van der Waals surface area (Å²) in [5, 5.41) is 1.45. The highest BCUT2D eigenvalue weighted by molar-refractivity contribution is 7.99. The van der Waals surface area contributed by atoms with Crippen LogP contribution in [0.5, 0.6) is 0 Å². The second-order valence-corrected chi connectivity index (χ2v) is 3.89. The summed E-state index contributed by atoms with van der Waals surface area (Å²) < 4.78 is 0. The molecule has 0 aliphatic rings. The minimum atomic E-state index is 0.163. The van der Waals surface area contributed by atoms with E-state index in [0.29, 0.717) is 15.7 Å². The van der Waals surface area contributed by atoms with Crippen molar-refractivity contribution in [3.05, 3.63) is 30.1 Å². The fourth-order valence-electron chi connectivity index (χ4n) is 0.874. The Morgan fingerprint density at radius 2 is 2.07 bits per heavy atom. The lowest BCUT2D eigenvalue weighted by Crippen LogP contribution is -1.94. The zero-order valence-electron chi connectivity index (χ0n) is 7.46. The average molecular weight is 240 g/mol. The first kappa shape index (κ1) is 10.1. The van der Waals surface area contributed by atoms with Gasteiger partial charge in [-0.25, -0.2) is 15.0 Å². The van der Waals surface area contributed by atoms with E-state index in [1.807, 2.05) is 0 Å². The molecule has 0 spiro atoms. The molecule has 2 heterocycles. The van der Waals surface area contributed by atoms with E-state index in [-0.39, 0.29) is 5.28 Å². The zero-order chi connectivity index (χ0) is 10.7. The lowest BCUT2D eigenvalue weighted by Gasteiger charge is -2.02.